The highest BCUT2D eigenvalue weighted by Gasteiger charge is 2.22. The maximum Gasteiger partial charge on any atom is 0.274 e. The van der Waals surface area contributed by atoms with E-state index in [9.17, 15) is 4.79 Å². The summed E-state index contributed by atoms with van der Waals surface area (Å²) in [6, 6.07) is 0. The second-order valence-corrected chi connectivity index (χ2v) is 3.66. The van der Waals surface area contributed by atoms with Crippen molar-refractivity contribution in [3.8, 4) is 0 Å². The van der Waals surface area contributed by atoms with Crippen LogP contribution in [0.3, 0.4) is 0 Å². The minimum absolute atomic E-state index is 0. The number of rotatable bonds is 1. The number of aromatic nitrogens is 2. The molecule has 2 rings (SSSR count). The average molecular weight is 267 g/mol. The van der Waals surface area contributed by atoms with Crippen molar-refractivity contribution in [3.63, 3.8) is 0 Å². The Bertz CT molecular complexity index is 364. The lowest BCUT2D eigenvalue weighted by atomic mass is 10.1. The van der Waals surface area contributed by atoms with Crippen molar-refractivity contribution in [1.82, 2.24) is 20.4 Å². The molecule has 0 fully saturated rings. The molecule has 0 saturated heterocycles. The zero-order chi connectivity index (χ0) is 10.1. The molecule has 1 aliphatic rings. The van der Waals surface area contributed by atoms with Crippen LogP contribution in [0.25, 0.3) is 0 Å². The van der Waals surface area contributed by atoms with Gasteiger partial charge in [0.05, 0.1) is 0 Å². The van der Waals surface area contributed by atoms with Gasteiger partial charge in [-0.05, 0) is 0 Å². The summed E-state index contributed by atoms with van der Waals surface area (Å²) >= 11 is 0. The van der Waals surface area contributed by atoms with Crippen molar-refractivity contribution in [2.75, 3.05) is 20.6 Å². The number of hydrogen-bond acceptors (Lipinski definition) is 3. The number of nitrogens with zero attached hydrogens (tertiary/aromatic N) is 2. The van der Waals surface area contributed by atoms with Gasteiger partial charge in [-0.15, -0.1) is 24.8 Å². The molecule has 0 aromatic carbocycles. The number of halogens is 2. The summed E-state index contributed by atoms with van der Waals surface area (Å²) in [6.45, 7) is 1.69. The summed E-state index contributed by atoms with van der Waals surface area (Å²) in [5.74, 6) is -0.0359. The maximum atomic E-state index is 11.7. The van der Waals surface area contributed by atoms with Gasteiger partial charge in [0, 0.05) is 44.9 Å². The SMILES string of the molecule is CN(C)C(=O)c1n[nH]c2c1CNCC2.Cl.Cl. The Kier molecular flexibility index (Phi) is 5.78. The van der Waals surface area contributed by atoms with E-state index in [4.69, 9.17) is 0 Å². The highest BCUT2D eigenvalue weighted by Crippen LogP contribution is 2.15. The molecule has 1 aromatic rings. The van der Waals surface area contributed by atoms with E-state index in [2.05, 4.69) is 15.5 Å². The van der Waals surface area contributed by atoms with Crippen LogP contribution in [0.2, 0.25) is 0 Å². The smallest absolute Gasteiger partial charge is 0.274 e. The van der Waals surface area contributed by atoms with Crippen molar-refractivity contribution < 1.29 is 4.79 Å². The molecule has 16 heavy (non-hydrogen) atoms. The normalized spacial score (nSPS) is 13.1. The Morgan fingerprint density at radius 1 is 1.38 bits per heavy atom. The Labute approximate surface area is 107 Å². The summed E-state index contributed by atoms with van der Waals surface area (Å²) in [5.41, 5.74) is 2.67. The lowest BCUT2D eigenvalue weighted by molar-refractivity contribution is 0.0820. The maximum absolute atomic E-state index is 11.7. The first-order valence-corrected chi connectivity index (χ1v) is 4.68. The first-order chi connectivity index (χ1) is 6.70. The fourth-order valence-corrected chi connectivity index (χ4v) is 1.61. The van der Waals surface area contributed by atoms with Crippen molar-refractivity contribution in [2.24, 2.45) is 0 Å². The Morgan fingerprint density at radius 3 is 2.69 bits per heavy atom. The van der Waals surface area contributed by atoms with E-state index >= 15 is 0 Å². The number of H-pyrrole nitrogens is 1. The molecular weight excluding hydrogens is 251 g/mol. The Balaban J connectivity index is 0.00000112. The lowest BCUT2D eigenvalue weighted by Crippen LogP contribution is -2.27. The zero-order valence-electron chi connectivity index (χ0n) is 9.24. The van der Waals surface area contributed by atoms with E-state index in [0.717, 1.165) is 30.8 Å². The molecule has 2 N–H and O–H groups in total. The lowest BCUT2D eigenvalue weighted by Gasteiger charge is -2.14. The highest BCUT2D eigenvalue weighted by atomic mass is 35.5. The molecule has 92 valence electrons. The molecule has 1 aliphatic heterocycles. The van der Waals surface area contributed by atoms with Gasteiger partial charge in [0.25, 0.3) is 5.91 Å². The van der Waals surface area contributed by atoms with E-state index in [1.807, 2.05) is 0 Å². The van der Waals surface area contributed by atoms with Crippen molar-refractivity contribution in [3.05, 3.63) is 17.0 Å². The third kappa shape index (κ3) is 2.66. The number of carbonyl (C=O) groups is 1. The van der Waals surface area contributed by atoms with Gasteiger partial charge in [-0.25, -0.2) is 0 Å². The van der Waals surface area contributed by atoms with Crippen molar-refractivity contribution >= 4 is 30.7 Å². The number of amides is 1. The molecule has 0 spiro atoms. The van der Waals surface area contributed by atoms with E-state index in [0.29, 0.717) is 5.69 Å². The van der Waals surface area contributed by atoms with E-state index < -0.39 is 0 Å². The Morgan fingerprint density at radius 2 is 2.06 bits per heavy atom. The predicted octanol–water partition coefficient (Wildman–Crippen LogP) is 0.601. The molecule has 0 saturated carbocycles. The first-order valence-electron chi connectivity index (χ1n) is 4.68. The largest absolute Gasteiger partial charge is 0.343 e. The molecule has 0 atom stereocenters. The fourth-order valence-electron chi connectivity index (χ4n) is 1.61. The molecular formula is C9H16Cl2N4O. The highest BCUT2D eigenvalue weighted by molar-refractivity contribution is 5.93. The summed E-state index contributed by atoms with van der Waals surface area (Å²) in [6.07, 6.45) is 0.920. The van der Waals surface area contributed by atoms with Crippen molar-refractivity contribution in [2.45, 2.75) is 13.0 Å². The Hall–Kier alpha value is -0.780. The van der Waals surface area contributed by atoms with Crippen molar-refractivity contribution in [1.29, 1.82) is 0 Å². The van der Waals surface area contributed by atoms with Crippen LogP contribution in [-0.4, -0.2) is 41.6 Å². The third-order valence-electron chi connectivity index (χ3n) is 2.42. The number of fused-ring (bicyclic) bond motifs is 1. The van der Waals surface area contributed by atoms with Crippen LogP contribution >= 0.6 is 24.8 Å². The number of carbonyl (C=O) groups excluding carboxylic acids is 1. The second kappa shape index (κ2) is 6.08. The van der Waals surface area contributed by atoms with Crippen LogP contribution in [0.1, 0.15) is 21.7 Å². The van der Waals surface area contributed by atoms with Crippen LogP contribution in [0, 0.1) is 0 Å². The molecule has 0 aliphatic carbocycles. The third-order valence-corrected chi connectivity index (χ3v) is 2.42. The average Bonchev–Trinajstić information content (AvgIpc) is 2.60. The number of nitrogens with one attached hydrogen (secondary N) is 2. The second-order valence-electron chi connectivity index (χ2n) is 3.66. The number of hydrogen-bond donors (Lipinski definition) is 2. The topological polar surface area (TPSA) is 61.0 Å². The van der Waals surface area contributed by atoms with Gasteiger partial charge in [0.1, 0.15) is 0 Å². The van der Waals surface area contributed by atoms with E-state index in [1.54, 1.807) is 19.0 Å². The fraction of sp³-hybridized carbons (Fsp3) is 0.556. The predicted molar refractivity (Wildman–Crippen MR) is 66.5 cm³/mol. The molecule has 5 nitrogen and oxygen atoms in total. The molecule has 1 amide bonds. The standard InChI is InChI=1S/C9H14N4O.2ClH/c1-13(2)9(14)8-6-5-10-4-3-7(6)11-12-8;;/h10H,3-5H2,1-2H3,(H,11,12);2*1H. The van der Waals surface area contributed by atoms with Crippen LogP contribution in [0.4, 0.5) is 0 Å². The summed E-state index contributed by atoms with van der Waals surface area (Å²) in [7, 11) is 3.47. The van der Waals surface area contributed by atoms with Gasteiger partial charge in [-0.2, -0.15) is 5.10 Å². The van der Waals surface area contributed by atoms with E-state index in [1.165, 1.54) is 0 Å². The van der Waals surface area contributed by atoms with Gasteiger partial charge in [-0.3, -0.25) is 9.89 Å². The molecule has 7 heteroatoms. The van der Waals surface area contributed by atoms with Crippen LogP contribution in [-0.2, 0) is 13.0 Å². The molecule has 0 unspecified atom stereocenters. The summed E-state index contributed by atoms with van der Waals surface area (Å²) in [4.78, 5) is 13.2. The van der Waals surface area contributed by atoms with Gasteiger partial charge in [-0.1, -0.05) is 0 Å². The minimum Gasteiger partial charge on any atom is -0.343 e. The summed E-state index contributed by atoms with van der Waals surface area (Å²) in [5, 5.41) is 10.2. The minimum atomic E-state index is -0.0359. The molecule has 0 bridgehead atoms. The van der Waals surface area contributed by atoms with Crippen LogP contribution in [0.15, 0.2) is 0 Å². The van der Waals surface area contributed by atoms with Crippen LogP contribution in [0.5, 0.6) is 0 Å². The van der Waals surface area contributed by atoms with Gasteiger partial charge in [0.2, 0.25) is 0 Å². The molecule has 0 radical (unpaired) electrons. The van der Waals surface area contributed by atoms with E-state index in [-0.39, 0.29) is 30.7 Å². The van der Waals surface area contributed by atoms with Gasteiger partial charge < -0.3 is 10.2 Å². The first kappa shape index (κ1) is 15.2. The molecule has 1 aromatic heterocycles. The number of aromatic amines is 1. The molecule has 2 heterocycles. The monoisotopic (exact) mass is 266 g/mol. The van der Waals surface area contributed by atoms with Gasteiger partial charge >= 0.3 is 0 Å². The summed E-state index contributed by atoms with van der Waals surface area (Å²) < 4.78 is 0. The van der Waals surface area contributed by atoms with Gasteiger partial charge in [0.15, 0.2) is 5.69 Å². The van der Waals surface area contributed by atoms with Crippen LogP contribution < -0.4 is 5.32 Å². The quantitative estimate of drug-likeness (QED) is 0.783. The zero-order valence-corrected chi connectivity index (χ0v) is 10.9.